The second-order valence-corrected chi connectivity index (χ2v) is 6.71. The van der Waals surface area contributed by atoms with Gasteiger partial charge in [0, 0.05) is 38.0 Å². The molecule has 1 aliphatic heterocycles. The molecule has 2 aromatic rings. The van der Waals surface area contributed by atoms with E-state index in [0.717, 1.165) is 42.7 Å². The number of likely N-dealkylation sites (tertiary alicyclic amines) is 1. The zero-order valence-corrected chi connectivity index (χ0v) is 15.5. The molecular formula is C19H24F2N4O2. The van der Waals surface area contributed by atoms with E-state index in [4.69, 9.17) is 4.74 Å². The number of halogens is 2. The SMILES string of the molecule is COCCN1CCC[C@@H]1CNC(=O)c1nn(-c2c(F)cccc2F)cc1C. The number of carbonyl (C=O) groups is 1. The topological polar surface area (TPSA) is 59.4 Å². The van der Waals surface area contributed by atoms with Gasteiger partial charge in [0.2, 0.25) is 0 Å². The van der Waals surface area contributed by atoms with Crippen LogP contribution >= 0.6 is 0 Å². The zero-order chi connectivity index (χ0) is 19.4. The van der Waals surface area contributed by atoms with Crippen LogP contribution in [0.25, 0.3) is 5.69 Å². The summed E-state index contributed by atoms with van der Waals surface area (Å²) in [5.41, 5.74) is 0.429. The Bertz CT molecular complexity index is 789. The Morgan fingerprint density at radius 3 is 2.81 bits per heavy atom. The van der Waals surface area contributed by atoms with Crippen molar-refractivity contribution in [3.63, 3.8) is 0 Å². The van der Waals surface area contributed by atoms with Gasteiger partial charge in [0.15, 0.2) is 17.3 Å². The average Bonchev–Trinajstić information content (AvgIpc) is 3.24. The second kappa shape index (κ2) is 8.58. The van der Waals surface area contributed by atoms with Crippen molar-refractivity contribution in [2.45, 2.75) is 25.8 Å². The van der Waals surface area contributed by atoms with Crippen LogP contribution in [0.5, 0.6) is 0 Å². The van der Waals surface area contributed by atoms with Crippen molar-refractivity contribution in [3.8, 4) is 5.69 Å². The fraction of sp³-hybridized carbons (Fsp3) is 0.474. The third-order valence-corrected chi connectivity index (χ3v) is 4.86. The fourth-order valence-corrected chi connectivity index (χ4v) is 3.43. The van der Waals surface area contributed by atoms with Crippen LogP contribution in [0.3, 0.4) is 0 Å². The van der Waals surface area contributed by atoms with E-state index in [2.05, 4.69) is 15.3 Å². The van der Waals surface area contributed by atoms with Crippen LogP contribution < -0.4 is 5.32 Å². The van der Waals surface area contributed by atoms with Crippen LogP contribution in [0.1, 0.15) is 28.9 Å². The van der Waals surface area contributed by atoms with Crippen molar-refractivity contribution in [1.29, 1.82) is 0 Å². The molecule has 1 atom stereocenters. The number of aromatic nitrogens is 2. The molecule has 27 heavy (non-hydrogen) atoms. The van der Waals surface area contributed by atoms with E-state index in [1.54, 1.807) is 14.0 Å². The van der Waals surface area contributed by atoms with Gasteiger partial charge in [-0.3, -0.25) is 9.69 Å². The molecule has 0 saturated carbocycles. The highest BCUT2D eigenvalue weighted by Crippen LogP contribution is 2.19. The molecule has 1 saturated heterocycles. The molecule has 2 heterocycles. The van der Waals surface area contributed by atoms with Gasteiger partial charge in [-0.2, -0.15) is 5.10 Å². The Morgan fingerprint density at radius 1 is 1.37 bits per heavy atom. The van der Waals surface area contributed by atoms with E-state index in [9.17, 15) is 13.6 Å². The summed E-state index contributed by atoms with van der Waals surface area (Å²) in [7, 11) is 1.67. The first-order chi connectivity index (χ1) is 13.0. The molecule has 0 radical (unpaired) electrons. The van der Waals surface area contributed by atoms with E-state index in [1.165, 1.54) is 12.3 Å². The van der Waals surface area contributed by atoms with Crippen LogP contribution in [0.2, 0.25) is 0 Å². The van der Waals surface area contributed by atoms with Crippen LogP contribution in [0.4, 0.5) is 8.78 Å². The fourth-order valence-electron chi connectivity index (χ4n) is 3.43. The molecule has 3 rings (SSSR count). The van der Waals surface area contributed by atoms with Crippen molar-refractivity contribution in [2.75, 3.05) is 33.4 Å². The molecule has 1 aromatic carbocycles. The number of methoxy groups -OCH3 is 1. The molecule has 1 fully saturated rings. The maximum Gasteiger partial charge on any atom is 0.272 e. The van der Waals surface area contributed by atoms with Gasteiger partial charge in [0.1, 0.15) is 5.69 Å². The number of hydrogen-bond acceptors (Lipinski definition) is 4. The highest BCUT2D eigenvalue weighted by molar-refractivity contribution is 5.93. The van der Waals surface area contributed by atoms with E-state index in [0.29, 0.717) is 18.7 Å². The number of ether oxygens (including phenoxy) is 1. The predicted octanol–water partition coefficient (Wildman–Crippen LogP) is 2.30. The van der Waals surface area contributed by atoms with Gasteiger partial charge in [0.25, 0.3) is 5.91 Å². The monoisotopic (exact) mass is 378 g/mol. The standard InChI is InChI=1S/C19H24F2N4O2/c1-13-12-25(18-15(20)6-3-7-16(18)21)23-17(13)19(26)22-11-14-5-4-8-24(14)9-10-27-2/h3,6-7,12,14H,4-5,8-11H2,1-2H3,(H,22,26)/t14-/m1/s1. The lowest BCUT2D eigenvalue weighted by atomic mass is 10.2. The molecule has 146 valence electrons. The van der Waals surface area contributed by atoms with Gasteiger partial charge in [-0.05, 0) is 38.4 Å². The molecular weight excluding hydrogens is 354 g/mol. The Kier molecular flexibility index (Phi) is 6.18. The Morgan fingerprint density at radius 2 is 2.11 bits per heavy atom. The predicted molar refractivity (Wildman–Crippen MR) is 97.0 cm³/mol. The van der Waals surface area contributed by atoms with Gasteiger partial charge in [-0.1, -0.05) is 6.07 Å². The molecule has 1 aliphatic rings. The van der Waals surface area contributed by atoms with E-state index < -0.39 is 11.6 Å². The van der Waals surface area contributed by atoms with Crippen LogP contribution in [-0.4, -0.2) is 60.0 Å². The van der Waals surface area contributed by atoms with Crippen LogP contribution in [0.15, 0.2) is 24.4 Å². The van der Waals surface area contributed by atoms with E-state index in [-0.39, 0.29) is 23.3 Å². The van der Waals surface area contributed by atoms with Crippen molar-refractivity contribution in [3.05, 3.63) is 47.3 Å². The molecule has 0 aliphatic carbocycles. The highest BCUT2D eigenvalue weighted by Gasteiger charge is 2.25. The summed E-state index contributed by atoms with van der Waals surface area (Å²) in [5, 5.41) is 7.00. The first-order valence-electron chi connectivity index (χ1n) is 9.03. The number of amides is 1. The van der Waals surface area contributed by atoms with E-state index in [1.807, 2.05) is 0 Å². The highest BCUT2D eigenvalue weighted by atomic mass is 19.1. The Balaban J connectivity index is 1.68. The third kappa shape index (κ3) is 4.33. The molecule has 8 heteroatoms. The smallest absolute Gasteiger partial charge is 0.272 e. The lowest BCUT2D eigenvalue weighted by Crippen LogP contribution is -2.41. The first-order valence-corrected chi connectivity index (χ1v) is 9.03. The molecule has 0 bridgehead atoms. The summed E-state index contributed by atoms with van der Waals surface area (Å²) in [6.45, 7) is 4.67. The van der Waals surface area contributed by atoms with Crippen LogP contribution in [0, 0.1) is 18.6 Å². The third-order valence-electron chi connectivity index (χ3n) is 4.86. The largest absolute Gasteiger partial charge is 0.383 e. The minimum Gasteiger partial charge on any atom is -0.383 e. The van der Waals surface area contributed by atoms with Gasteiger partial charge in [-0.15, -0.1) is 0 Å². The molecule has 1 amide bonds. The first kappa shape index (κ1) is 19.4. The maximum absolute atomic E-state index is 14.0. The summed E-state index contributed by atoms with van der Waals surface area (Å²) in [6, 6.07) is 3.86. The van der Waals surface area contributed by atoms with Crippen molar-refractivity contribution < 1.29 is 18.3 Å². The Hall–Kier alpha value is -2.32. The number of para-hydroxylation sites is 1. The average molecular weight is 378 g/mol. The number of carbonyl (C=O) groups excluding carboxylic acids is 1. The van der Waals surface area contributed by atoms with Crippen LogP contribution in [-0.2, 0) is 4.74 Å². The quantitative estimate of drug-likeness (QED) is 0.803. The number of aryl methyl sites for hydroxylation is 1. The zero-order valence-electron chi connectivity index (χ0n) is 15.5. The number of hydrogen-bond donors (Lipinski definition) is 1. The molecule has 1 aromatic heterocycles. The summed E-state index contributed by atoms with van der Waals surface area (Å²) >= 11 is 0. The number of benzene rings is 1. The summed E-state index contributed by atoms with van der Waals surface area (Å²) in [4.78, 5) is 14.8. The van der Waals surface area contributed by atoms with Gasteiger partial charge in [-0.25, -0.2) is 13.5 Å². The minimum atomic E-state index is -0.732. The second-order valence-electron chi connectivity index (χ2n) is 6.71. The van der Waals surface area contributed by atoms with Crippen molar-refractivity contribution in [1.82, 2.24) is 20.0 Å². The lowest BCUT2D eigenvalue weighted by molar-refractivity contribution is 0.0927. The molecule has 0 spiro atoms. The normalized spacial score (nSPS) is 17.4. The molecule has 6 nitrogen and oxygen atoms in total. The van der Waals surface area contributed by atoms with Gasteiger partial charge in [0.05, 0.1) is 6.61 Å². The van der Waals surface area contributed by atoms with Crippen molar-refractivity contribution in [2.24, 2.45) is 0 Å². The minimum absolute atomic E-state index is 0.166. The molecule has 0 unspecified atom stereocenters. The van der Waals surface area contributed by atoms with Crippen molar-refractivity contribution >= 4 is 5.91 Å². The number of nitrogens with one attached hydrogen (secondary N) is 1. The summed E-state index contributed by atoms with van der Waals surface area (Å²) in [5.74, 6) is -1.81. The Labute approximate surface area is 157 Å². The summed E-state index contributed by atoms with van der Waals surface area (Å²) in [6.07, 6.45) is 3.55. The van der Waals surface area contributed by atoms with E-state index >= 15 is 0 Å². The van der Waals surface area contributed by atoms with Gasteiger partial charge < -0.3 is 10.1 Å². The van der Waals surface area contributed by atoms with Gasteiger partial charge >= 0.3 is 0 Å². The maximum atomic E-state index is 14.0. The number of nitrogens with zero attached hydrogens (tertiary/aromatic N) is 3. The molecule has 1 N–H and O–H groups in total. The number of rotatable bonds is 7. The lowest BCUT2D eigenvalue weighted by Gasteiger charge is -2.24. The summed E-state index contributed by atoms with van der Waals surface area (Å²) < 4.78 is 34.1.